The van der Waals surface area contributed by atoms with Crippen LogP contribution in [-0.4, -0.2) is 35.1 Å². The van der Waals surface area contributed by atoms with Crippen LogP contribution in [0.1, 0.15) is 39.9 Å². The lowest BCUT2D eigenvalue weighted by atomic mass is 10.0. The van der Waals surface area contributed by atoms with E-state index < -0.39 is 6.04 Å². The predicted octanol–water partition coefficient (Wildman–Crippen LogP) is 4.65. The van der Waals surface area contributed by atoms with Crippen molar-refractivity contribution in [1.82, 2.24) is 35.1 Å². The van der Waals surface area contributed by atoms with Gasteiger partial charge in [-0.05, 0) is 70.3 Å². The van der Waals surface area contributed by atoms with E-state index in [2.05, 4.69) is 36.5 Å². The Hall–Kier alpha value is -4.89. The number of aryl methyl sites for hydroxylation is 1. The Morgan fingerprint density at radius 2 is 1.85 bits per heavy atom. The minimum atomic E-state index is -0.581. The van der Waals surface area contributed by atoms with Gasteiger partial charge in [-0.25, -0.2) is 4.68 Å². The van der Waals surface area contributed by atoms with Gasteiger partial charge in [0.05, 0.1) is 19.4 Å². The molecule has 6 aromatic rings. The van der Waals surface area contributed by atoms with Crippen LogP contribution >= 0.6 is 0 Å². The van der Waals surface area contributed by atoms with E-state index >= 15 is 0 Å². The van der Waals surface area contributed by atoms with Crippen LogP contribution in [-0.2, 0) is 19.6 Å². The Morgan fingerprint density at radius 1 is 0.974 bits per heavy atom. The molecule has 9 nitrogen and oxygen atoms in total. The molecule has 9 heteroatoms. The van der Waals surface area contributed by atoms with Gasteiger partial charge in [0.2, 0.25) is 0 Å². The summed E-state index contributed by atoms with van der Waals surface area (Å²) in [6.07, 6.45) is 5.22. The lowest BCUT2D eigenvalue weighted by molar-refractivity contribution is 0.179. The van der Waals surface area contributed by atoms with Gasteiger partial charge in [-0.15, -0.1) is 5.10 Å². The fourth-order valence-corrected chi connectivity index (χ4v) is 4.89. The van der Waals surface area contributed by atoms with Crippen LogP contribution in [0.25, 0.3) is 10.9 Å². The molecule has 0 spiro atoms. The number of hydrogen-bond acceptors (Lipinski definition) is 7. The highest BCUT2D eigenvalue weighted by atomic mass is 16.3. The molecule has 0 radical (unpaired) electrons. The number of furan rings is 1. The van der Waals surface area contributed by atoms with Crippen molar-refractivity contribution in [3.05, 3.63) is 142 Å². The van der Waals surface area contributed by atoms with Crippen LogP contribution in [0, 0.1) is 6.92 Å². The van der Waals surface area contributed by atoms with Crippen molar-refractivity contribution in [3.63, 3.8) is 0 Å². The van der Waals surface area contributed by atoms with Crippen molar-refractivity contribution in [2.75, 3.05) is 0 Å². The van der Waals surface area contributed by atoms with Gasteiger partial charge >= 0.3 is 0 Å². The first-order valence-corrected chi connectivity index (χ1v) is 12.7. The Kier molecular flexibility index (Phi) is 6.80. The van der Waals surface area contributed by atoms with Gasteiger partial charge in [-0.2, -0.15) is 0 Å². The summed E-state index contributed by atoms with van der Waals surface area (Å²) in [4.78, 5) is 23.2. The molecule has 0 saturated carbocycles. The summed E-state index contributed by atoms with van der Waals surface area (Å²) in [6, 6.07) is 25.1. The third-order valence-corrected chi connectivity index (χ3v) is 6.72. The molecule has 0 fully saturated rings. The van der Waals surface area contributed by atoms with Crippen molar-refractivity contribution < 1.29 is 4.42 Å². The number of pyridine rings is 2. The van der Waals surface area contributed by atoms with Crippen molar-refractivity contribution in [1.29, 1.82) is 0 Å². The molecule has 0 aliphatic carbocycles. The Bertz CT molecular complexity index is 1730. The van der Waals surface area contributed by atoms with Crippen LogP contribution in [0.4, 0.5) is 0 Å². The van der Waals surface area contributed by atoms with E-state index in [1.165, 1.54) is 0 Å². The number of nitrogens with one attached hydrogen (secondary N) is 1. The standard InChI is InChI=1S/C30H27N7O2/c1-21-11-12-27-24(15-21)16-26(30(38)32-27)28(29-33-34-35-37(29)19-22-7-3-2-4-8-22)36(20-25-10-6-14-39-25)18-23-9-5-13-31-17-23/h2-17,28H,18-20H2,1H3,(H,32,38)/t28-/m1/s1. The van der Waals surface area contributed by atoms with Gasteiger partial charge in [0, 0.05) is 30.0 Å². The summed E-state index contributed by atoms with van der Waals surface area (Å²) in [7, 11) is 0. The van der Waals surface area contributed by atoms with Crippen LogP contribution in [0.2, 0.25) is 0 Å². The zero-order chi connectivity index (χ0) is 26.6. The van der Waals surface area contributed by atoms with Gasteiger partial charge in [-0.3, -0.25) is 14.7 Å². The van der Waals surface area contributed by atoms with E-state index in [9.17, 15) is 4.79 Å². The smallest absolute Gasteiger partial charge is 0.253 e. The fraction of sp³-hybridized carbons (Fsp3) is 0.167. The van der Waals surface area contributed by atoms with Gasteiger partial charge in [0.25, 0.3) is 5.56 Å². The van der Waals surface area contributed by atoms with Crippen LogP contribution in [0.3, 0.4) is 0 Å². The van der Waals surface area contributed by atoms with Crippen LogP contribution in [0.5, 0.6) is 0 Å². The quantitative estimate of drug-likeness (QED) is 0.298. The van der Waals surface area contributed by atoms with E-state index in [1.807, 2.05) is 85.9 Å². The molecule has 0 unspecified atom stereocenters. The second-order valence-electron chi connectivity index (χ2n) is 9.57. The zero-order valence-corrected chi connectivity index (χ0v) is 21.4. The first-order chi connectivity index (χ1) is 19.1. The van der Waals surface area contributed by atoms with Crippen molar-refractivity contribution in [3.8, 4) is 0 Å². The Morgan fingerprint density at radius 3 is 2.64 bits per heavy atom. The maximum absolute atomic E-state index is 13.7. The van der Waals surface area contributed by atoms with E-state index in [4.69, 9.17) is 4.42 Å². The first-order valence-electron chi connectivity index (χ1n) is 12.7. The summed E-state index contributed by atoms with van der Waals surface area (Å²) < 4.78 is 7.51. The molecule has 2 aromatic carbocycles. The summed E-state index contributed by atoms with van der Waals surface area (Å²) >= 11 is 0. The molecule has 1 atom stereocenters. The molecule has 39 heavy (non-hydrogen) atoms. The number of fused-ring (bicyclic) bond motifs is 1. The average Bonchev–Trinajstić information content (AvgIpc) is 3.63. The lowest BCUT2D eigenvalue weighted by Crippen LogP contribution is -2.35. The second kappa shape index (κ2) is 10.8. The third-order valence-electron chi connectivity index (χ3n) is 6.72. The molecular weight excluding hydrogens is 490 g/mol. The van der Waals surface area contributed by atoms with Crippen LogP contribution < -0.4 is 5.56 Å². The fourth-order valence-electron chi connectivity index (χ4n) is 4.89. The van der Waals surface area contributed by atoms with E-state index in [0.29, 0.717) is 31.0 Å². The summed E-state index contributed by atoms with van der Waals surface area (Å²) in [5.74, 6) is 1.32. The SMILES string of the molecule is Cc1ccc2[nH]c(=O)c([C@H](c3nnnn3Cc3ccccc3)N(Cc3cccnc3)Cc3ccco3)cc2c1. The highest BCUT2D eigenvalue weighted by Gasteiger charge is 2.31. The highest BCUT2D eigenvalue weighted by Crippen LogP contribution is 2.30. The second-order valence-corrected chi connectivity index (χ2v) is 9.57. The molecular formula is C30H27N7O2. The van der Waals surface area contributed by atoms with E-state index in [-0.39, 0.29) is 5.56 Å². The molecule has 0 saturated heterocycles. The van der Waals surface area contributed by atoms with Crippen molar-refractivity contribution in [2.45, 2.75) is 32.6 Å². The van der Waals surface area contributed by atoms with Gasteiger partial charge in [-0.1, -0.05) is 48.0 Å². The lowest BCUT2D eigenvalue weighted by Gasteiger charge is -2.30. The number of nitrogens with zero attached hydrogens (tertiary/aromatic N) is 6. The number of aromatic amines is 1. The van der Waals surface area contributed by atoms with Crippen LogP contribution in [0.15, 0.2) is 107 Å². The van der Waals surface area contributed by atoms with Gasteiger partial charge in [0.1, 0.15) is 11.8 Å². The highest BCUT2D eigenvalue weighted by molar-refractivity contribution is 5.79. The molecule has 194 valence electrons. The first kappa shape index (κ1) is 24.4. The topological polar surface area (TPSA) is 106 Å². The number of tetrazole rings is 1. The normalized spacial score (nSPS) is 12.3. The number of hydrogen-bond donors (Lipinski definition) is 1. The summed E-state index contributed by atoms with van der Waals surface area (Å²) in [5, 5.41) is 13.8. The molecule has 0 aliphatic rings. The monoisotopic (exact) mass is 517 g/mol. The molecule has 4 heterocycles. The molecule has 0 aliphatic heterocycles. The molecule has 1 N–H and O–H groups in total. The summed E-state index contributed by atoms with van der Waals surface area (Å²) in [5.41, 5.74) is 4.28. The van der Waals surface area contributed by atoms with Gasteiger partial charge < -0.3 is 9.40 Å². The molecule has 4 aromatic heterocycles. The summed E-state index contributed by atoms with van der Waals surface area (Å²) in [6.45, 7) is 3.41. The third kappa shape index (κ3) is 5.39. The van der Waals surface area contributed by atoms with Crippen molar-refractivity contribution >= 4 is 10.9 Å². The maximum atomic E-state index is 13.7. The predicted molar refractivity (Wildman–Crippen MR) is 147 cm³/mol. The molecule has 0 amide bonds. The minimum absolute atomic E-state index is 0.193. The molecule has 0 bridgehead atoms. The van der Waals surface area contributed by atoms with Crippen molar-refractivity contribution in [2.24, 2.45) is 0 Å². The zero-order valence-electron chi connectivity index (χ0n) is 21.4. The van der Waals surface area contributed by atoms with Gasteiger partial charge in [0.15, 0.2) is 5.82 Å². The Labute approximate surface area is 224 Å². The maximum Gasteiger partial charge on any atom is 0.253 e. The van der Waals surface area contributed by atoms with E-state index in [1.54, 1.807) is 17.1 Å². The Balaban J connectivity index is 1.52. The van der Waals surface area contributed by atoms with E-state index in [0.717, 1.165) is 33.4 Å². The number of aromatic nitrogens is 6. The average molecular weight is 518 g/mol. The number of rotatable bonds is 9. The largest absolute Gasteiger partial charge is 0.468 e. The number of H-pyrrole nitrogens is 1. The number of benzene rings is 2. The molecule has 6 rings (SSSR count). The minimum Gasteiger partial charge on any atom is -0.468 e.